The lowest BCUT2D eigenvalue weighted by Crippen LogP contribution is -2.49. The summed E-state index contributed by atoms with van der Waals surface area (Å²) in [6.45, 7) is 1.43. The van der Waals surface area contributed by atoms with Crippen LogP contribution in [-0.2, 0) is 16.0 Å². The Hall–Kier alpha value is -2.15. The number of aliphatic hydroxyl groups is 1. The molecule has 2 rings (SSSR count). The molecule has 0 bridgehead atoms. The summed E-state index contributed by atoms with van der Waals surface area (Å²) < 4.78 is 44.2. The monoisotopic (exact) mass is 327 g/mol. The fraction of sp³-hybridized carbons (Fsp3) is 0.375. The van der Waals surface area contributed by atoms with Gasteiger partial charge in [-0.25, -0.2) is 0 Å². The Labute approximate surface area is 130 Å². The minimum atomic E-state index is -4.98. The van der Waals surface area contributed by atoms with Crippen molar-refractivity contribution in [3.05, 3.63) is 42.1 Å². The van der Waals surface area contributed by atoms with Crippen LogP contribution in [0.2, 0.25) is 0 Å². The Morgan fingerprint density at radius 1 is 1.22 bits per heavy atom. The molecule has 4 nitrogen and oxygen atoms in total. The van der Waals surface area contributed by atoms with E-state index in [2.05, 4.69) is 9.72 Å². The quantitative estimate of drug-likeness (QED) is 0.858. The fourth-order valence-electron chi connectivity index (χ4n) is 2.22. The minimum absolute atomic E-state index is 0.0489. The van der Waals surface area contributed by atoms with Crippen LogP contribution in [0.25, 0.3) is 10.9 Å². The van der Waals surface area contributed by atoms with Crippen molar-refractivity contribution in [1.29, 1.82) is 0 Å². The first kappa shape index (κ1) is 17.2. The van der Waals surface area contributed by atoms with E-state index < -0.39 is 30.6 Å². The smallest absolute Gasteiger partial charge is 0.418 e. The molecule has 1 heterocycles. The molecule has 0 spiro atoms. The second-order valence-electron chi connectivity index (χ2n) is 5.18. The zero-order chi connectivity index (χ0) is 17.1. The number of carbonyl (C=O) groups excluding carboxylic acids is 1. The minimum Gasteiger partial charge on any atom is -0.466 e. The number of para-hydroxylation sites is 1. The number of benzene rings is 1. The average Bonchev–Trinajstić information content (AvgIpc) is 2.46. The van der Waals surface area contributed by atoms with Gasteiger partial charge < -0.3 is 9.84 Å². The lowest BCUT2D eigenvalue weighted by molar-refractivity contribution is -0.262. The van der Waals surface area contributed by atoms with Crippen molar-refractivity contribution in [2.45, 2.75) is 31.5 Å². The molecular formula is C16H16F3NO3. The van der Waals surface area contributed by atoms with Crippen LogP contribution in [-0.4, -0.2) is 34.4 Å². The maximum atomic E-state index is 13.2. The molecule has 7 heteroatoms. The number of carbonyl (C=O) groups is 1. The summed E-state index contributed by atoms with van der Waals surface area (Å²) in [4.78, 5) is 15.5. The van der Waals surface area contributed by atoms with Gasteiger partial charge in [0.15, 0.2) is 5.60 Å². The van der Waals surface area contributed by atoms with Gasteiger partial charge in [-0.05, 0) is 19.1 Å². The summed E-state index contributed by atoms with van der Waals surface area (Å²) >= 11 is 0. The zero-order valence-electron chi connectivity index (χ0n) is 12.4. The van der Waals surface area contributed by atoms with E-state index in [0.29, 0.717) is 5.52 Å². The molecule has 1 aromatic carbocycles. The third-order valence-corrected chi connectivity index (χ3v) is 3.40. The fourth-order valence-corrected chi connectivity index (χ4v) is 2.22. The molecule has 0 aliphatic heterocycles. The molecule has 23 heavy (non-hydrogen) atoms. The van der Waals surface area contributed by atoms with Gasteiger partial charge in [-0.3, -0.25) is 9.78 Å². The zero-order valence-corrected chi connectivity index (χ0v) is 12.4. The highest BCUT2D eigenvalue weighted by atomic mass is 19.4. The van der Waals surface area contributed by atoms with Crippen LogP contribution in [0.3, 0.4) is 0 Å². The van der Waals surface area contributed by atoms with Crippen molar-refractivity contribution in [2.24, 2.45) is 0 Å². The summed E-state index contributed by atoms with van der Waals surface area (Å²) in [5, 5.41) is 10.8. The van der Waals surface area contributed by atoms with Crippen molar-refractivity contribution < 1.29 is 27.8 Å². The summed E-state index contributed by atoms with van der Waals surface area (Å²) in [7, 11) is 0. The van der Waals surface area contributed by atoms with Gasteiger partial charge in [0.05, 0.1) is 18.5 Å². The molecule has 0 aliphatic carbocycles. The van der Waals surface area contributed by atoms with Crippen molar-refractivity contribution in [2.75, 3.05) is 6.61 Å². The molecule has 0 fully saturated rings. The molecule has 0 aliphatic rings. The van der Waals surface area contributed by atoms with E-state index in [1.165, 1.54) is 13.0 Å². The number of pyridine rings is 1. The third-order valence-electron chi connectivity index (χ3n) is 3.40. The Balaban J connectivity index is 2.30. The second-order valence-corrected chi connectivity index (χ2v) is 5.18. The maximum Gasteiger partial charge on any atom is 0.418 e. The van der Waals surface area contributed by atoms with Gasteiger partial charge in [0.25, 0.3) is 0 Å². The molecule has 0 saturated heterocycles. The van der Waals surface area contributed by atoms with Crippen LogP contribution < -0.4 is 0 Å². The number of nitrogens with zero attached hydrogens (tertiary/aromatic N) is 1. The van der Waals surface area contributed by atoms with E-state index in [9.17, 15) is 23.1 Å². The number of alkyl halides is 3. The Morgan fingerprint density at radius 3 is 2.57 bits per heavy atom. The number of fused-ring (bicyclic) bond motifs is 1. The third kappa shape index (κ3) is 3.98. The molecule has 1 N–H and O–H groups in total. The van der Waals surface area contributed by atoms with E-state index in [0.717, 1.165) is 5.39 Å². The van der Waals surface area contributed by atoms with E-state index in [-0.39, 0.29) is 12.3 Å². The van der Waals surface area contributed by atoms with Crippen molar-refractivity contribution in [1.82, 2.24) is 4.98 Å². The van der Waals surface area contributed by atoms with Gasteiger partial charge in [0.2, 0.25) is 0 Å². The number of aromatic nitrogens is 1. The normalized spacial score (nSPS) is 14.5. The Morgan fingerprint density at radius 2 is 1.91 bits per heavy atom. The standard InChI is InChI=1S/C16H16F3NO3/c1-2-23-14(21)10-15(22,16(17,18)19)9-12-8-7-11-5-3-4-6-13(11)20-12/h3-8,22H,2,9-10H2,1H3. The first-order valence-corrected chi connectivity index (χ1v) is 7.04. The molecule has 1 unspecified atom stereocenters. The highest BCUT2D eigenvalue weighted by Crippen LogP contribution is 2.36. The summed E-state index contributed by atoms with van der Waals surface area (Å²) in [6, 6.07) is 9.98. The highest BCUT2D eigenvalue weighted by Gasteiger charge is 2.55. The molecular weight excluding hydrogens is 311 g/mol. The summed E-state index contributed by atoms with van der Waals surface area (Å²) in [5.74, 6) is -1.10. The number of rotatable bonds is 5. The SMILES string of the molecule is CCOC(=O)CC(O)(Cc1ccc2ccccc2n1)C(F)(F)F. The lowest BCUT2D eigenvalue weighted by Gasteiger charge is -2.29. The average molecular weight is 327 g/mol. The van der Waals surface area contributed by atoms with E-state index >= 15 is 0 Å². The number of halogens is 3. The predicted octanol–water partition coefficient (Wildman–Crippen LogP) is 3.02. The van der Waals surface area contributed by atoms with Crippen LogP contribution in [0.4, 0.5) is 13.2 Å². The van der Waals surface area contributed by atoms with Gasteiger partial charge in [0.1, 0.15) is 0 Å². The van der Waals surface area contributed by atoms with Gasteiger partial charge in [-0.1, -0.05) is 24.3 Å². The van der Waals surface area contributed by atoms with E-state index in [4.69, 9.17) is 0 Å². The Bertz CT molecular complexity index is 702. The summed E-state index contributed by atoms with van der Waals surface area (Å²) in [5.41, 5.74) is -2.65. The first-order chi connectivity index (χ1) is 10.7. The molecule has 1 atom stereocenters. The molecule has 0 radical (unpaired) electrons. The van der Waals surface area contributed by atoms with E-state index in [1.807, 2.05) is 0 Å². The molecule has 2 aromatic rings. The van der Waals surface area contributed by atoms with Crippen LogP contribution in [0.1, 0.15) is 19.0 Å². The molecule has 0 amide bonds. The van der Waals surface area contributed by atoms with E-state index in [1.54, 1.807) is 30.3 Å². The van der Waals surface area contributed by atoms with Gasteiger partial charge in [0, 0.05) is 17.5 Å². The van der Waals surface area contributed by atoms with Crippen LogP contribution in [0.15, 0.2) is 36.4 Å². The number of hydrogen-bond acceptors (Lipinski definition) is 4. The van der Waals surface area contributed by atoms with Crippen LogP contribution in [0.5, 0.6) is 0 Å². The predicted molar refractivity (Wildman–Crippen MR) is 77.7 cm³/mol. The first-order valence-electron chi connectivity index (χ1n) is 7.04. The maximum absolute atomic E-state index is 13.2. The Kier molecular flexibility index (Phi) is 4.89. The van der Waals surface area contributed by atoms with Gasteiger partial charge in [-0.2, -0.15) is 13.2 Å². The van der Waals surface area contributed by atoms with Crippen molar-refractivity contribution in [3.63, 3.8) is 0 Å². The largest absolute Gasteiger partial charge is 0.466 e. The molecule has 0 saturated carbocycles. The summed E-state index contributed by atoms with van der Waals surface area (Å²) in [6.07, 6.45) is -6.97. The number of ether oxygens (including phenoxy) is 1. The van der Waals surface area contributed by atoms with Gasteiger partial charge in [-0.15, -0.1) is 0 Å². The lowest BCUT2D eigenvalue weighted by atomic mass is 9.92. The number of esters is 1. The van der Waals surface area contributed by atoms with Crippen LogP contribution >= 0.6 is 0 Å². The number of hydrogen-bond donors (Lipinski definition) is 1. The van der Waals surface area contributed by atoms with Gasteiger partial charge >= 0.3 is 12.1 Å². The van der Waals surface area contributed by atoms with Crippen molar-refractivity contribution >= 4 is 16.9 Å². The van der Waals surface area contributed by atoms with Crippen LogP contribution in [0, 0.1) is 0 Å². The highest BCUT2D eigenvalue weighted by molar-refractivity contribution is 5.78. The topological polar surface area (TPSA) is 59.4 Å². The second kappa shape index (κ2) is 6.54. The van der Waals surface area contributed by atoms with Crippen molar-refractivity contribution in [3.8, 4) is 0 Å². The molecule has 1 aromatic heterocycles. The molecule has 124 valence electrons.